The molecule has 0 bridgehead atoms. The molecule has 1 aliphatic rings. The molecule has 0 aliphatic carbocycles. The molecule has 454 valence electrons. The number of carbonyl (C=O) groups excluding carboxylic acids is 1. The van der Waals surface area contributed by atoms with Crippen LogP contribution < -0.4 is 5.32 Å². The number of hydrogen-bond acceptors (Lipinski definition) is 8. The number of amides is 1. The van der Waals surface area contributed by atoms with E-state index < -0.39 is 49.5 Å². The van der Waals surface area contributed by atoms with E-state index in [1.807, 2.05) is 6.08 Å². The molecule has 1 rings (SSSR count). The second kappa shape index (κ2) is 57.6. The zero-order chi connectivity index (χ0) is 55.8. The third-order valence-electron chi connectivity index (χ3n) is 16.2. The molecule has 1 heterocycles. The van der Waals surface area contributed by atoms with Crippen LogP contribution in [0.2, 0.25) is 0 Å². The largest absolute Gasteiger partial charge is 0.394 e. The maximum atomic E-state index is 13.1. The number of aliphatic hydroxyl groups excluding tert-OH is 5. The molecule has 1 aliphatic heterocycles. The lowest BCUT2D eigenvalue weighted by Gasteiger charge is -2.40. The third-order valence-corrected chi connectivity index (χ3v) is 16.2. The van der Waals surface area contributed by atoms with Gasteiger partial charge in [-0.05, 0) is 51.4 Å². The Morgan fingerprint density at radius 2 is 0.766 bits per heavy atom. The molecule has 6 N–H and O–H groups in total. The standard InChI is InChI=1S/C68H129NO8/c1-3-5-7-9-11-13-15-17-19-21-22-23-24-25-26-27-28-29-30-31-32-33-34-35-36-37-38-39-40-42-44-46-48-50-52-54-56-58-64(72)69-61(60-76-68-67(75)66(74)65(73)63(59-70)77-68)62(71)57-55-53-51-49-47-45-43-41-20-18-16-14-12-10-8-6-4-2/h15,17,21-22,55,57,61-63,65-68,70-71,73-75H,3-14,16,18-20,23-54,56,58-60H2,1-2H3,(H,69,72)/b17-15-,22-21-,57-55+. The number of hydrogen-bond donors (Lipinski definition) is 6. The van der Waals surface area contributed by atoms with Crippen molar-refractivity contribution in [2.24, 2.45) is 0 Å². The van der Waals surface area contributed by atoms with Crippen LogP contribution in [0.25, 0.3) is 0 Å². The van der Waals surface area contributed by atoms with E-state index in [0.717, 1.165) is 44.9 Å². The minimum atomic E-state index is -1.57. The fraction of sp³-hybridized carbons (Fsp3) is 0.897. The lowest BCUT2D eigenvalue weighted by Crippen LogP contribution is -2.60. The first-order valence-corrected chi connectivity index (χ1v) is 33.7. The molecule has 0 saturated carbocycles. The average molecular weight is 1090 g/mol. The highest BCUT2D eigenvalue weighted by Crippen LogP contribution is 2.23. The van der Waals surface area contributed by atoms with Crippen molar-refractivity contribution in [2.75, 3.05) is 13.2 Å². The quantitative estimate of drug-likeness (QED) is 0.0261. The Morgan fingerprint density at radius 3 is 1.12 bits per heavy atom. The van der Waals surface area contributed by atoms with E-state index in [1.165, 1.54) is 270 Å². The van der Waals surface area contributed by atoms with E-state index in [-0.39, 0.29) is 12.5 Å². The summed E-state index contributed by atoms with van der Waals surface area (Å²) in [7, 11) is 0. The summed E-state index contributed by atoms with van der Waals surface area (Å²) in [6, 6.07) is -0.803. The van der Waals surface area contributed by atoms with Gasteiger partial charge in [0.2, 0.25) is 5.91 Å². The molecule has 77 heavy (non-hydrogen) atoms. The van der Waals surface area contributed by atoms with Crippen LogP contribution >= 0.6 is 0 Å². The highest BCUT2D eigenvalue weighted by molar-refractivity contribution is 5.76. The molecule has 7 atom stereocenters. The Bertz CT molecular complexity index is 1310. The van der Waals surface area contributed by atoms with Crippen LogP contribution in [0.15, 0.2) is 36.5 Å². The van der Waals surface area contributed by atoms with E-state index in [4.69, 9.17) is 9.47 Å². The summed E-state index contributed by atoms with van der Waals surface area (Å²) in [5.74, 6) is -0.170. The van der Waals surface area contributed by atoms with Gasteiger partial charge in [-0.3, -0.25) is 4.79 Å². The monoisotopic (exact) mass is 1090 g/mol. The number of allylic oxidation sites excluding steroid dienone is 5. The molecule has 0 radical (unpaired) electrons. The summed E-state index contributed by atoms with van der Waals surface area (Å²) < 4.78 is 11.3. The highest BCUT2D eigenvalue weighted by Gasteiger charge is 2.44. The molecular formula is C68H129NO8. The summed E-state index contributed by atoms with van der Waals surface area (Å²) in [4.78, 5) is 13.1. The first kappa shape index (κ1) is 73.4. The second-order valence-electron chi connectivity index (χ2n) is 23.6. The van der Waals surface area contributed by atoms with Crippen LogP contribution in [-0.2, 0) is 14.3 Å². The topological polar surface area (TPSA) is 149 Å². The van der Waals surface area contributed by atoms with Crippen LogP contribution in [0.1, 0.15) is 335 Å². The number of nitrogens with one attached hydrogen (secondary N) is 1. The molecule has 1 saturated heterocycles. The van der Waals surface area contributed by atoms with Gasteiger partial charge >= 0.3 is 0 Å². The van der Waals surface area contributed by atoms with Gasteiger partial charge in [0.25, 0.3) is 0 Å². The van der Waals surface area contributed by atoms with E-state index in [0.29, 0.717) is 6.42 Å². The molecule has 1 fully saturated rings. The number of rotatable bonds is 59. The number of aliphatic hydroxyl groups is 5. The summed E-state index contributed by atoms with van der Waals surface area (Å²) in [6.07, 6.45) is 69.7. The summed E-state index contributed by atoms with van der Waals surface area (Å²) in [6.45, 7) is 3.81. The Balaban J connectivity index is 2.06. The van der Waals surface area contributed by atoms with E-state index >= 15 is 0 Å². The highest BCUT2D eigenvalue weighted by atomic mass is 16.7. The van der Waals surface area contributed by atoms with Crippen LogP contribution in [0, 0.1) is 0 Å². The van der Waals surface area contributed by atoms with Crippen LogP contribution in [-0.4, -0.2) is 87.5 Å². The Labute approximate surface area is 476 Å². The van der Waals surface area contributed by atoms with Crippen molar-refractivity contribution < 1.29 is 39.8 Å². The van der Waals surface area contributed by atoms with Gasteiger partial charge in [0.1, 0.15) is 24.4 Å². The maximum absolute atomic E-state index is 13.1. The zero-order valence-electron chi connectivity index (χ0n) is 50.7. The summed E-state index contributed by atoms with van der Waals surface area (Å²) >= 11 is 0. The second-order valence-corrected chi connectivity index (χ2v) is 23.6. The van der Waals surface area contributed by atoms with Gasteiger partial charge in [-0.2, -0.15) is 0 Å². The van der Waals surface area contributed by atoms with Gasteiger partial charge in [0.15, 0.2) is 6.29 Å². The Kier molecular flexibility index (Phi) is 55.0. The molecule has 7 unspecified atom stereocenters. The van der Waals surface area contributed by atoms with E-state index in [9.17, 15) is 30.3 Å². The summed E-state index contributed by atoms with van der Waals surface area (Å²) in [5, 5.41) is 54.6. The van der Waals surface area contributed by atoms with Gasteiger partial charge in [0.05, 0.1) is 25.4 Å². The predicted octanol–water partition coefficient (Wildman–Crippen LogP) is 17.9. The van der Waals surface area contributed by atoms with Crippen molar-refractivity contribution in [2.45, 2.75) is 378 Å². The van der Waals surface area contributed by atoms with Gasteiger partial charge in [0, 0.05) is 6.42 Å². The van der Waals surface area contributed by atoms with Crippen molar-refractivity contribution in [3.05, 3.63) is 36.5 Å². The molecule has 1 amide bonds. The normalized spacial score (nSPS) is 18.9. The number of ether oxygens (including phenoxy) is 2. The molecule has 0 spiro atoms. The van der Waals surface area contributed by atoms with E-state index in [1.54, 1.807) is 6.08 Å². The van der Waals surface area contributed by atoms with Crippen molar-refractivity contribution in [1.82, 2.24) is 5.32 Å². The van der Waals surface area contributed by atoms with E-state index in [2.05, 4.69) is 43.5 Å². The SMILES string of the molecule is CCCCCCC/C=C\C/C=C\CCCCCCCCCCCCCCCCCCCCCCCCCCCC(=O)NC(COC1OC(CO)C(O)C(O)C1O)C(O)/C=C/CCCCCCCCCCCCCCCCC. The van der Waals surface area contributed by atoms with Crippen molar-refractivity contribution in [1.29, 1.82) is 0 Å². The zero-order valence-corrected chi connectivity index (χ0v) is 50.7. The van der Waals surface area contributed by atoms with Crippen molar-refractivity contribution >= 4 is 5.91 Å². The lowest BCUT2D eigenvalue weighted by molar-refractivity contribution is -0.302. The first-order chi connectivity index (χ1) is 37.8. The average Bonchev–Trinajstić information content (AvgIpc) is 3.43. The number of carbonyl (C=O) groups is 1. The van der Waals surface area contributed by atoms with Crippen molar-refractivity contribution in [3.63, 3.8) is 0 Å². The van der Waals surface area contributed by atoms with Gasteiger partial charge in [-0.1, -0.05) is 314 Å². The summed E-state index contributed by atoms with van der Waals surface area (Å²) in [5.41, 5.74) is 0. The first-order valence-electron chi connectivity index (χ1n) is 33.7. The molecular weight excluding hydrogens is 959 g/mol. The lowest BCUT2D eigenvalue weighted by atomic mass is 9.99. The maximum Gasteiger partial charge on any atom is 0.220 e. The molecule has 0 aromatic carbocycles. The minimum Gasteiger partial charge on any atom is -0.394 e. The van der Waals surface area contributed by atoms with Gasteiger partial charge < -0.3 is 40.3 Å². The van der Waals surface area contributed by atoms with Crippen LogP contribution in [0.4, 0.5) is 0 Å². The fourth-order valence-corrected chi connectivity index (χ4v) is 10.9. The molecule has 0 aromatic rings. The Morgan fingerprint density at radius 1 is 0.442 bits per heavy atom. The third kappa shape index (κ3) is 46.7. The smallest absolute Gasteiger partial charge is 0.220 e. The van der Waals surface area contributed by atoms with Gasteiger partial charge in [-0.25, -0.2) is 0 Å². The minimum absolute atomic E-state index is 0.170. The van der Waals surface area contributed by atoms with Crippen molar-refractivity contribution in [3.8, 4) is 0 Å². The number of unbranched alkanes of at least 4 members (excludes halogenated alkanes) is 45. The van der Waals surface area contributed by atoms with Crippen LogP contribution in [0.5, 0.6) is 0 Å². The molecule has 9 nitrogen and oxygen atoms in total. The predicted molar refractivity (Wildman–Crippen MR) is 327 cm³/mol. The van der Waals surface area contributed by atoms with Gasteiger partial charge in [-0.15, -0.1) is 0 Å². The molecule has 9 heteroatoms. The molecule has 0 aromatic heterocycles. The fourth-order valence-electron chi connectivity index (χ4n) is 10.9. The van der Waals surface area contributed by atoms with Crippen LogP contribution in [0.3, 0.4) is 0 Å². The Hall–Kier alpha value is -1.59.